The van der Waals surface area contributed by atoms with Gasteiger partial charge in [-0.15, -0.1) is 0 Å². The van der Waals surface area contributed by atoms with E-state index in [1.54, 1.807) is 25.3 Å². The van der Waals surface area contributed by atoms with Crippen LogP contribution >= 0.6 is 0 Å². The van der Waals surface area contributed by atoms with E-state index < -0.39 is 11.9 Å². The number of hydrogen-bond acceptors (Lipinski definition) is 5. The van der Waals surface area contributed by atoms with Gasteiger partial charge in [-0.1, -0.05) is 6.42 Å². The zero-order valence-corrected chi connectivity index (χ0v) is 14.9. The lowest BCUT2D eigenvalue weighted by Crippen LogP contribution is -2.42. The Balaban J connectivity index is 2.00. The lowest BCUT2D eigenvalue weighted by atomic mass is 9.99. The van der Waals surface area contributed by atoms with Crippen LogP contribution in [0, 0.1) is 13.8 Å². The summed E-state index contributed by atoms with van der Waals surface area (Å²) < 4.78 is 6.69. The van der Waals surface area contributed by atoms with Gasteiger partial charge in [0.1, 0.15) is 12.2 Å². The number of fused-ring (bicyclic) bond motifs is 1. The number of nitrogens with zero attached hydrogens (tertiary/aromatic N) is 3. The smallest absolute Gasteiger partial charge is 0.340 e. The van der Waals surface area contributed by atoms with Crippen molar-refractivity contribution in [3.05, 3.63) is 22.5 Å². The van der Waals surface area contributed by atoms with Crippen LogP contribution in [0.5, 0.6) is 0 Å². The Morgan fingerprint density at radius 2 is 1.84 bits per heavy atom. The highest BCUT2D eigenvalue weighted by atomic mass is 16.5. The average molecular weight is 345 g/mol. The standard InChI is InChI=1S/C18H23N3O4/c1-4-25-18(24)15-11(2)16-17(23)21(14(22)10-20(16)12(15)3)19-13-8-6-5-7-9-13/h4-10H2,1-3H3. The number of carbonyl (C=O) groups is 3. The summed E-state index contributed by atoms with van der Waals surface area (Å²) in [5, 5.41) is 5.32. The second kappa shape index (κ2) is 6.82. The molecule has 0 saturated heterocycles. The number of aromatic nitrogens is 1. The van der Waals surface area contributed by atoms with Gasteiger partial charge in [0.2, 0.25) is 0 Å². The second-order valence-electron chi connectivity index (χ2n) is 6.48. The Morgan fingerprint density at radius 3 is 2.48 bits per heavy atom. The van der Waals surface area contributed by atoms with Crippen LogP contribution in [-0.2, 0) is 16.1 Å². The van der Waals surface area contributed by atoms with Crippen molar-refractivity contribution in [2.45, 2.75) is 59.4 Å². The van der Waals surface area contributed by atoms with E-state index >= 15 is 0 Å². The number of carbonyl (C=O) groups excluding carboxylic acids is 3. The molecule has 0 N–H and O–H groups in total. The molecule has 2 heterocycles. The molecule has 25 heavy (non-hydrogen) atoms. The fraction of sp³-hybridized carbons (Fsp3) is 0.556. The van der Waals surface area contributed by atoms with Gasteiger partial charge in [0.15, 0.2) is 0 Å². The highest BCUT2D eigenvalue weighted by Gasteiger charge is 2.37. The van der Waals surface area contributed by atoms with Crippen molar-refractivity contribution in [2.24, 2.45) is 5.10 Å². The molecule has 1 aromatic rings. The topological polar surface area (TPSA) is 81.0 Å². The number of hydrogen-bond donors (Lipinski definition) is 0. The number of amides is 2. The molecule has 0 radical (unpaired) electrons. The molecule has 1 saturated carbocycles. The van der Waals surface area contributed by atoms with Crippen LogP contribution in [0.2, 0.25) is 0 Å². The maximum absolute atomic E-state index is 12.9. The minimum absolute atomic E-state index is 0.00390. The van der Waals surface area contributed by atoms with Crippen molar-refractivity contribution < 1.29 is 19.1 Å². The first-order valence-corrected chi connectivity index (χ1v) is 8.76. The van der Waals surface area contributed by atoms with Crippen molar-refractivity contribution in [1.29, 1.82) is 0 Å². The van der Waals surface area contributed by atoms with E-state index in [9.17, 15) is 14.4 Å². The number of ether oxygens (including phenoxy) is 1. The molecular weight excluding hydrogens is 322 g/mol. The van der Waals surface area contributed by atoms with Gasteiger partial charge in [-0.05, 0) is 52.0 Å². The molecule has 0 spiro atoms. The van der Waals surface area contributed by atoms with E-state index in [0.29, 0.717) is 22.5 Å². The summed E-state index contributed by atoms with van der Waals surface area (Å²) in [6, 6.07) is 0. The van der Waals surface area contributed by atoms with Gasteiger partial charge in [-0.25, -0.2) is 4.79 Å². The Bertz CT molecular complexity index is 768. The fourth-order valence-electron chi connectivity index (χ4n) is 3.59. The van der Waals surface area contributed by atoms with E-state index in [0.717, 1.165) is 42.8 Å². The lowest BCUT2D eigenvalue weighted by Gasteiger charge is -2.25. The summed E-state index contributed by atoms with van der Waals surface area (Å²) in [6.45, 7) is 5.43. The van der Waals surface area contributed by atoms with E-state index in [-0.39, 0.29) is 19.1 Å². The van der Waals surface area contributed by atoms with Gasteiger partial charge in [0.05, 0.1) is 12.2 Å². The first kappa shape index (κ1) is 17.4. The van der Waals surface area contributed by atoms with E-state index in [1.165, 1.54) is 0 Å². The molecule has 2 amide bonds. The molecule has 3 rings (SSSR count). The van der Waals surface area contributed by atoms with Crippen LogP contribution in [0.15, 0.2) is 5.10 Å². The third-order valence-electron chi connectivity index (χ3n) is 4.84. The Hall–Kier alpha value is -2.44. The molecule has 1 aromatic heterocycles. The van der Waals surface area contributed by atoms with Crippen LogP contribution in [0.3, 0.4) is 0 Å². The normalized spacial score (nSPS) is 17.6. The largest absolute Gasteiger partial charge is 0.462 e. The van der Waals surface area contributed by atoms with Gasteiger partial charge in [-0.3, -0.25) is 9.59 Å². The minimum Gasteiger partial charge on any atom is -0.462 e. The van der Waals surface area contributed by atoms with Gasteiger partial charge >= 0.3 is 5.97 Å². The van der Waals surface area contributed by atoms with Crippen molar-refractivity contribution in [2.75, 3.05) is 6.61 Å². The molecule has 1 fully saturated rings. The second-order valence-corrected chi connectivity index (χ2v) is 6.48. The Labute approximate surface area is 146 Å². The van der Waals surface area contributed by atoms with Crippen molar-refractivity contribution in [1.82, 2.24) is 9.58 Å². The summed E-state index contributed by atoms with van der Waals surface area (Å²) in [4.78, 5) is 37.6. The lowest BCUT2D eigenvalue weighted by molar-refractivity contribution is -0.130. The summed E-state index contributed by atoms with van der Waals surface area (Å²) in [5.41, 5.74) is 2.73. The quantitative estimate of drug-likeness (QED) is 0.623. The molecule has 0 unspecified atom stereocenters. The third kappa shape index (κ3) is 2.99. The molecule has 0 atom stereocenters. The van der Waals surface area contributed by atoms with Crippen molar-refractivity contribution in [3.63, 3.8) is 0 Å². The third-order valence-corrected chi connectivity index (χ3v) is 4.84. The zero-order chi connectivity index (χ0) is 18.1. The van der Waals surface area contributed by atoms with Gasteiger partial charge in [-0.2, -0.15) is 10.1 Å². The van der Waals surface area contributed by atoms with E-state index in [4.69, 9.17) is 4.74 Å². The van der Waals surface area contributed by atoms with Gasteiger partial charge in [0, 0.05) is 11.4 Å². The SMILES string of the molecule is CCOC(=O)c1c(C)c2n(c1C)CC(=O)N(N=C1CCCCC1)C2=O. The molecule has 1 aliphatic heterocycles. The highest BCUT2D eigenvalue weighted by Crippen LogP contribution is 2.28. The summed E-state index contributed by atoms with van der Waals surface area (Å²) >= 11 is 0. The maximum Gasteiger partial charge on any atom is 0.340 e. The molecule has 0 aromatic carbocycles. The zero-order valence-electron chi connectivity index (χ0n) is 14.9. The Morgan fingerprint density at radius 1 is 1.16 bits per heavy atom. The number of imide groups is 1. The van der Waals surface area contributed by atoms with Crippen molar-refractivity contribution >= 4 is 23.5 Å². The average Bonchev–Trinajstić information content (AvgIpc) is 2.83. The van der Waals surface area contributed by atoms with E-state index in [1.807, 2.05) is 0 Å². The summed E-state index contributed by atoms with van der Waals surface area (Å²) in [7, 11) is 0. The van der Waals surface area contributed by atoms with Crippen LogP contribution in [0.1, 0.15) is 71.1 Å². The van der Waals surface area contributed by atoms with Crippen LogP contribution in [0.25, 0.3) is 0 Å². The van der Waals surface area contributed by atoms with Crippen molar-refractivity contribution in [3.8, 4) is 0 Å². The monoisotopic (exact) mass is 345 g/mol. The van der Waals surface area contributed by atoms with Crippen LogP contribution in [-0.4, -0.2) is 39.7 Å². The molecule has 134 valence electrons. The first-order chi connectivity index (χ1) is 12.0. The summed E-state index contributed by atoms with van der Waals surface area (Å²) in [5.74, 6) is -1.31. The first-order valence-electron chi connectivity index (χ1n) is 8.76. The van der Waals surface area contributed by atoms with Crippen LogP contribution < -0.4 is 0 Å². The highest BCUT2D eigenvalue weighted by molar-refractivity contribution is 6.10. The predicted molar refractivity (Wildman–Crippen MR) is 91.6 cm³/mol. The maximum atomic E-state index is 12.9. The van der Waals surface area contributed by atoms with E-state index in [2.05, 4.69) is 5.10 Å². The summed E-state index contributed by atoms with van der Waals surface area (Å²) in [6.07, 6.45) is 4.88. The number of hydrazone groups is 1. The van der Waals surface area contributed by atoms with Crippen LogP contribution in [0.4, 0.5) is 0 Å². The number of rotatable bonds is 3. The molecule has 1 aliphatic carbocycles. The Kier molecular flexibility index (Phi) is 4.74. The minimum atomic E-state index is -0.468. The fourth-order valence-corrected chi connectivity index (χ4v) is 3.59. The number of esters is 1. The van der Waals surface area contributed by atoms with Gasteiger partial charge in [0.25, 0.3) is 11.8 Å². The molecule has 7 nitrogen and oxygen atoms in total. The molecule has 0 bridgehead atoms. The molecule has 7 heteroatoms. The van der Waals surface area contributed by atoms with Gasteiger partial charge < -0.3 is 9.30 Å². The molecular formula is C18H23N3O4. The predicted octanol–water partition coefficient (Wildman–Crippen LogP) is 2.58. The molecule has 2 aliphatic rings.